The van der Waals surface area contributed by atoms with Gasteiger partial charge in [-0.1, -0.05) is 54.1 Å². The van der Waals surface area contributed by atoms with E-state index in [1.165, 1.54) is 10.8 Å². The molecule has 2 nitrogen and oxygen atoms in total. The number of hydrogen-bond acceptors (Lipinski definition) is 1. The average Bonchev–Trinajstić information content (AvgIpc) is 2.60. The summed E-state index contributed by atoms with van der Waals surface area (Å²) in [5.74, 6) is 0. The summed E-state index contributed by atoms with van der Waals surface area (Å²) in [6.07, 6.45) is 3.97. The van der Waals surface area contributed by atoms with E-state index < -0.39 is 0 Å². The molecule has 1 aromatic heterocycles. The maximum Gasteiger partial charge on any atom is 0.189 e. The Labute approximate surface area is 140 Å². The molecule has 0 bridgehead atoms. The van der Waals surface area contributed by atoms with Crippen LogP contribution in [0, 0.1) is 6.92 Å². The van der Waals surface area contributed by atoms with Gasteiger partial charge in [0.2, 0.25) is 0 Å². The number of H-pyrrole nitrogens is 1. The van der Waals surface area contributed by atoms with Gasteiger partial charge in [0, 0.05) is 22.7 Å². The molecule has 4 rings (SSSR count). The van der Waals surface area contributed by atoms with Crippen LogP contribution in [0.25, 0.3) is 33.8 Å². The second-order valence-electron chi connectivity index (χ2n) is 6.08. The van der Waals surface area contributed by atoms with Crippen LogP contribution in [-0.4, -0.2) is 4.98 Å². The van der Waals surface area contributed by atoms with E-state index in [9.17, 15) is 4.79 Å². The minimum absolute atomic E-state index is 0.0469. The smallest absolute Gasteiger partial charge is 0.189 e. The summed E-state index contributed by atoms with van der Waals surface area (Å²) in [4.78, 5) is 15.6. The first-order valence-corrected chi connectivity index (χ1v) is 8.00. The van der Waals surface area contributed by atoms with E-state index in [0.717, 1.165) is 27.7 Å². The first kappa shape index (κ1) is 14.5. The zero-order valence-electron chi connectivity index (χ0n) is 13.4. The summed E-state index contributed by atoms with van der Waals surface area (Å²) in [7, 11) is 0. The lowest BCUT2D eigenvalue weighted by Crippen LogP contribution is -2.03. The Hall–Kier alpha value is -3.13. The Kier molecular flexibility index (Phi) is 3.51. The third kappa shape index (κ3) is 2.74. The molecule has 0 aliphatic rings. The van der Waals surface area contributed by atoms with Gasteiger partial charge < -0.3 is 4.98 Å². The Morgan fingerprint density at radius 1 is 0.833 bits per heavy atom. The molecule has 0 aliphatic heterocycles. The minimum Gasteiger partial charge on any atom is -0.355 e. The predicted molar refractivity (Wildman–Crippen MR) is 102 cm³/mol. The minimum atomic E-state index is 0.0469. The maximum atomic E-state index is 12.3. The molecule has 4 aromatic rings. The lowest BCUT2D eigenvalue weighted by atomic mass is 10.1. The van der Waals surface area contributed by atoms with Crippen molar-refractivity contribution in [2.24, 2.45) is 0 Å². The molecular weight excluding hydrogens is 294 g/mol. The molecule has 0 aliphatic carbocycles. The fourth-order valence-electron chi connectivity index (χ4n) is 2.97. The highest BCUT2D eigenvalue weighted by atomic mass is 16.1. The number of benzene rings is 3. The van der Waals surface area contributed by atoms with Crippen molar-refractivity contribution in [3.63, 3.8) is 0 Å². The highest BCUT2D eigenvalue weighted by molar-refractivity contribution is 5.86. The van der Waals surface area contributed by atoms with E-state index >= 15 is 0 Å². The van der Waals surface area contributed by atoms with E-state index in [2.05, 4.69) is 35.3 Å². The summed E-state index contributed by atoms with van der Waals surface area (Å²) in [5.41, 5.74) is 3.92. The topological polar surface area (TPSA) is 32.9 Å². The number of fused-ring (bicyclic) bond motifs is 2. The SMILES string of the molecule is Cc1ccc2[nH]c(/C=C/c3ccc4ccccc4c3)cc(=O)c2c1. The van der Waals surface area contributed by atoms with Gasteiger partial charge in [0.1, 0.15) is 0 Å². The number of hydrogen-bond donors (Lipinski definition) is 1. The van der Waals surface area contributed by atoms with Crippen LogP contribution in [0.1, 0.15) is 16.8 Å². The third-order valence-electron chi connectivity index (χ3n) is 4.23. The van der Waals surface area contributed by atoms with Crippen LogP contribution in [0.2, 0.25) is 0 Å². The second-order valence-corrected chi connectivity index (χ2v) is 6.08. The summed E-state index contributed by atoms with van der Waals surface area (Å²) >= 11 is 0. The molecule has 0 radical (unpaired) electrons. The van der Waals surface area contributed by atoms with Crippen LogP contribution in [0.4, 0.5) is 0 Å². The number of aryl methyl sites for hydroxylation is 1. The molecule has 24 heavy (non-hydrogen) atoms. The van der Waals surface area contributed by atoms with Crippen LogP contribution >= 0.6 is 0 Å². The van der Waals surface area contributed by atoms with Gasteiger partial charge in [0.25, 0.3) is 0 Å². The Balaban J connectivity index is 1.73. The molecule has 1 heterocycles. The van der Waals surface area contributed by atoms with Crippen molar-refractivity contribution in [2.75, 3.05) is 0 Å². The number of aromatic amines is 1. The lowest BCUT2D eigenvalue weighted by molar-refractivity contribution is 1.34. The van der Waals surface area contributed by atoms with Gasteiger partial charge in [-0.3, -0.25) is 4.79 Å². The molecule has 0 spiro atoms. The highest BCUT2D eigenvalue weighted by Crippen LogP contribution is 2.17. The van der Waals surface area contributed by atoms with Crippen molar-refractivity contribution >= 4 is 33.8 Å². The van der Waals surface area contributed by atoms with Gasteiger partial charge in [0.05, 0.1) is 0 Å². The molecule has 0 saturated carbocycles. The summed E-state index contributed by atoms with van der Waals surface area (Å²) in [6, 6.07) is 22.2. The molecule has 0 saturated heterocycles. The van der Waals surface area contributed by atoms with Gasteiger partial charge in [-0.15, -0.1) is 0 Å². The Bertz CT molecular complexity index is 1140. The van der Waals surface area contributed by atoms with Crippen molar-refractivity contribution in [3.05, 3.63) is 93.8 Å². The van der Waals surface area contributed by atoms with Crippen molar-refractivity contribution in [3.8, 4) is 0 Å². The molecule has 0 fully saturated rings. The largest absolute Gasteiger partial charge is 0.355 e. The number of aromatic nitrogens is 1. The standard InChI is InChI=1S/C22H17NO/c1-15-6-11-21-20(12-15)22(24)14-19(23-21)10-8-16-7-9-17-4-2-3-5-18(17)13-16/h2-14H,1H3,(H,23,24)/b10-8+. The molecule has 0 unspecified atom stereocenters. The molecule has 116 valence electrons. The normalized spacial score (nSPS) is 11.5. The number of rotatable bonds is 2. The molecular formula is C22H17NO. The van der Waals surface area contributed by atoms with Crippen molar-refractivity contribution in [2.45, 2.75) is 6.92 Å². The average molecular weight is 311 g/mol. The van der Waals surface area contributed by atoms with Crippen molar-refractivity contribution in [1.82, 2.24) is 4.98 Å². The predicted octanol–water partition coefficient (Wildman–Crippen LogP) is 5.16. The highest BCUT2D eigenvalue weighted by Gasteiger charge is 2.01. The zero-order chi connectivity index (χ0) is 16.5. The molecule has 0 amide bonds. The lowest BCUT2D eigenvalue weighted by Gasteiger charge is -2.02. The molecule has 2 heteroatoms. The van der Waals surface area contributed by atoms with E-state index in [1.807, 2.05) is 49.4 Å². The fraction of sp³-hybridized carbons (Fsp3) is 0.0455. The summed E-state index contributed by atoms with van der Waals surface area (Å²) < 4.78 is 0. The van der Waals surface area contributed by atoms with Gasteiger partial charge >= 0.3 is 0 Å². The molecule has 1 N–H and O–H groups in total. The first-order valence-electron chi connectivity index (χ1n) is 8.00. The Morgan fingerprint density at radius 3 is 2.54 bits per heavy atom. The second kappa shape index (κ2) is 5.82. The van der Waals surface area contributed by atoms with Crippen molar-refractivity contribution < 1.29 is 0 Å². The van der Waals surface area contributed by atoms with Gasteiger partial charge in [-0.2, -0.15) is 0 Å². The zero-order valence-corrected chi connectivity index (χ0v) is 13.4. The summed E-state index contributed by atoms with van der Waals surface area (Å²) in [5, 5.41) is 3.17. The van der Waals surface area contributed by atoms with Crippen LogP contribution in [-0.2, 0) is 0 Å². The number of pyridine rings is 1. The maximum absolute atomic E-state index is 12.3. The van der Waals surface area contributed by atoms with E-state index in [4.69, 9.17) is 0 Å². The van der Waals surface area contributed by atoms with E-state index in [1.54, 1.807) is 6.07 Å². The Morgan fingerprint density at radius 2 is 1.67 bits per heavy atom. The van der Waals surface area contributed by atoms with E-state index in [0.29, 0.717) is 0 Å². The van der Waals surface area contributed by atoms with E-state index in [-0.39, 0.29) is 5.43 Å². The molecule has 3 aromatic carbocycles. The fourth-order valence-corrected chi connectivity index (χ4v) is 2.97. The first-order chi connectivity index (χ1) is 11.7. The van der Waals surface area contributed by atoms with Crippen molar-refractivity contribution in [1.29, 1.82) is 0 Å². The third-order valence-corrected chi connectivity index (χ3v) is 4.23. The van der Waals surface area contributed by atoms with Gasteiger partial charge in [-0.05, 0) is 47.5 Å². The van der Waals surface area contributed by atoms with Crippen LogP contribution in [0.15, 0.2) is 71.5 Å². The monoisotopic (exact) mass is 311 g/mol. The number of nitrogens with one attached hydrogen (secondary N) is 1. The van der Waals surface area contributed by atoms with Gasteiger partial charge in [0.15, 0.2) is 5.43 Å². The van der Waals surface area contributed by atoms with Crippen LogP contribution in [0.5, 0.6) is 0 Å². The quantitative estimate of drug-likeness (QED) is 0.545. The molecule has 0 atom stereocenters. The van der Waals surface area contributed by atoms with Crippen LogP contribution < -0.4 is 5.43 Å². The summed E-state index contributed by atoms with van der Waals surface area (Å²) in [6.45, 7) is 1.99. The van der Waals surface area contributed by atoms with Gasteiger partial charge in [-0.25, -0.2) is 0 Å². The van der Waals surface area contributed by atoms with Crippen LogP contribution in [0.3, 0.4) is 0 Å².